The zero-order valence-corrected chi connectivity index (χ0v) is 13.0. The average molecular weight is 290 g/mol. The van der Waals surface area contributed by atoms with Crippen LogP contribution in [0.25, 0.3) is 0 Å². The van der Waals surface area contributed by atoms with Crippen molar-refractivity contribution in [1.29, 1.82) is 0 Å². The van der Waals surface area contributed by atoms with Crippen molar-refractivity contribution in [3.63, 3.8) is 0 Å². The zero-order chi connectivity index (χ0) is 15.5. The van der Waals surface area contributed by atoms with E-state index in [4.69, 9.17) is 0 Å². The highest BCUT2D eigenvalue weighted by molar-refractivity contribution is 5.94. The van der Waals surface area contributed by atoms with Gasteiger partial charge in [0.15, 0.2) is 0 Å². The van der Waals surface area contributed by atoms with Crippen LogP contribution < -0.4 is 10.6 Å². The quantitative estimate of drug-likeness (QED) is 0.687. The van der Waals surface area contributed by atoms with Gasteiger partial charge in [0.25, 0.3) is 5.91 Å². The number of benzene rings is 1. The highest BCUT2D eigenvalue weighted by Crippen LogP contribution is 2.02. The predicted molar refractivity (Wildman–Crippen MR) is 85.1 cm³/mol. The molecular formula is C17H26N2O2. The molecule has 4 heteroatoms. The van der Waals surface area contributed by atoms with E-state index in [0.29, 0.717) is 30.9 Å². The molecule has 0 aliphatic carbocycles. The lowest BCUT2D eigenvalue weighted by Crippen LogP contribution is -2.28. The molecule has 0 fully saturated rings. The minimum absolute atomic E-state index is 0.0627. The Labute approximate surface area is 127 Å². The van der Waals surface area contributed by atoms with Gasteiger partial charge in [-0.15, -0.1) is 0 Å². The molecule has 4 nitrogen and oxygen atoms in total. The van der Waals surface area contributed by atoms with Gasteiger partial charge in [-0.1, -0.05) is 32.0 Å². The fraction of sp³-hybridized carbons (Fsp3) is 0.529. The average Bonchev–Trinajstić information content (AvgIpc) is 2.48. The molecule has 1 aromatic rings. The first-order valence-corrected chi connectivity index (χ1v) is 7.69. The van der Waals surface area contributed by atoms with Crippen molar-refractivity contribution in [3.05, 3.63) is 35.9 Å². The van der Waals surface area contributed by atoms with Crippen molar-refractivity contribution in [2.75, 3.05) is 13.1 Å². The van der Waals surface area contributed by atoms with Crippen LogP contribution in [-0.4, -0.2) is 24.9 Å². The fourth-order valence-electron chi connectivity index (χ4n) is 1.97. The molecule has 0 saturated heterocycles. The van der Waals surface area contributed by atoms with Crippen LogP contribution >= 0.6 is 0 Å². The smallest absolute Gasteiger partial charge is 0.251 e. The fourth-order valence-corrected chi connectivity index (χ4v) is 1.97. The summed E-state index contributed by atoms with van der Waals surface area (Å²) in [7, 11) is 0. The van der Waals surface area contributed by atoms with Crippen LogP contribution in [0.2, 0.25) is 0 Å². The molecular weight excluding hydrogens is 264 g/mol. The highest BCUT2D eigenvalue weighted by Gasteiger charge is 2.05. The van der Waals surface area contributed by atoms with Crippen LogP contribution in [0, 0.1) is 5.92 Å². The Bertz CT molecular complexity index is 430. The molecule has 0 bridgehead atoms. The summed E-state index contributed by atoms with van der Waals surface area (Å²) in [5.41, 5.74) is 0.649. The molecule has 1 aromatic carbocycles. The van der Waals surface area contributed by atoms with E-state index in [2.05, 4.69) is 24.5 Å². The molecule has 0 saturated carbocycles. The maximum Gasteiger partial charge on any atom is 0.251 e. The first-order valence-electron chi connectivity index (χ1n) is 7.69. The number of carbonyl (C=O) groups excluding carboxylic acids is 2. The Balaban J connectivity index is 2.06. The van der Waals surface area contributed by atoms with Crippen LogP contribution in [0.4, 0.5) is 0 Å². The van der Waals surface area contributed by atoms with Gasteiger partial charge >= 0.3 is 0 Å². The third kappa shape index (κ3) is 8.12. The summed E-state index contributed by atoms with van der Waals surface area (Å²) < 4.78 is 0. The first kappa shape index (κ1) is 17.2. The number of nitrogens with one attached hydrogen (secondary N) is 2. The Kier molecular flexibility index (Phi) is 8.17. The Hall–Kier alpha value is -1.84. The van der Waals surface area contributed by atoms with E-state index < -0.39 is 0 Å². The molecule has 21 heavy (non-hydrogen) atoms. The van der Waals surface area contributed by atoms with Crippen LogP contribution in [0.3, 0.4) is 0 Å². The predicted octanol–water partition coefficient (Wildman–Crippen LogP) is 2.75. The van der Waals surface area contributed by atoms with Gasteiger partial charge in [0.05, 0.1) is 0 Å². The molecule has 0 spiro atoms. The van der Waals surface area contributed by atoms with Crippen molar-refractivity contribution < 1.29 is 9.59 Å². The number of hydrogen-bond acceptors (Lipinski definition) is 2. The molecule has 0 aliphatic heterocycles. The Morgan fingerprint density at radius 1 is 1.00 bits per heavy atom. The van der Waals surface area contributed by atoms with Gasteiger partial charge < -0.3 is 10.6 Å². The zero-order valence-electron chi connectivity index (χ0n) is 13.0. The van der Waals surface area contributed by atoms with Crippen LogP contribution in [-0.2, 0) is 4.79 Å². The normalized spacial score (nSPS) is 10.4. The summed E-state index contributed by atoms with van der Waals surface area (Å²) in [6.07, 6.45) is 3.27. The minimum atomic E-state index is -0.0899. The van der Waals surface area contributed by atoms with E-state index in [1.54, 1.807) is 12.1 Å². The second-order valence-electron chi connectivity index (χ2n) is 5.61. The van der Waals surface area contributed by atoms with Crippen molar-refractivity contribution in [1.82, 2.24) is 10.6 Å². The Morgan fingerprint density at radius 2 is 1.67 bits per heavy atom. The molecule has 0 unspecified atom stereocenters. The maximum atomic E-state index is 11.8. The molecule has 1 rings (SSSR count). The summed E-state index contributed by atoms with van der Waals surface area (Å²) in [5.74, 6) is 0.649. The summed E-state index contributed by atoms with van der Waals surface area (Å²) in [4.78, 5) is 23.3. The first-order chi connectivity index (χ1) is 10.1. The van der Waals surface area contributed by atoms with E-state index in [1.807, 2.05) is 18.2 Å². The minimum Gasteiger partial charge on any atom is -0.356 e. The molecule has 0 heterocycles. The van der Waals surface area contributed by atoms with Crippen LogP contribution in [0.1, 0.15) is 49.9 Å². The van der Waals surface area contributed by atoms with E-state index in [-0.39, 0.29) is 11.8 Å². The summed E-state index contributed by atoms with van der Waals surface area (Å²) >= 11 is 0. The van der Waals surface area contributed by atoms with E-state index >= 15 is 0 Å². The standard InChI is InChI=1S/C17H26N2O2/c1-14(2)8-6-12-18-16(20)11-7-13-19-17(21)15-9-4-3-5-10-15/h3-5,9-10,14H,6-8,11-13H2,1-2H3,(H,18,20)(H,19,21). The second-order valence-corrected chi connectivity index (χ2v) is 5.61. The third-order valence-corrected chi connectivity index (χ3v) is 3.18. The maximum absolute atomic E-state index is 11.8. The lowest BCUT2D eigenvalue weighted by Gasteiger charge is -2.07. The monoisotopic (exact) mass is 290 g/mol. The third-order valence-electron chi connectivity index (χ3n) is 3.18. The van der Waals surface area contributed by atoms with Gasteiger partial charge in [-0.25, -0.2) is 0 Å². The SMILES string of the molecule is CC(C)CCCNC(=O)CCCNC(=O)c1ccccc1. The summed E-state index contributed by atoms with van der Waals surface area (Å²) in [5, 5.41) is 5.72. The number of rotatable bonds is 9. The molecule has 0 radical (unpaired) electrons. The Morgan fingerprint density at radius 3 is 2.33 bits per heavy atom. The van der Waals surface area contributed by atoms with Gasteiger partial charge in [-0.3, -0.25) is 9.59 Å². The van der Waals surface area contributed by atoms with Gasteiger partial charge in [0.1, 0.15) is 0 Å². The van der Waals surface area contributed by atoms with Crippen LogP contribution in [0.5, 0.6) is 0 Å². The molecule has 0 atom stereocenters. The lowest BCUT2D eigenvalue weighted by molar-refractivity contribution is -0.121. The second kappa shape index (κ2) is 9.97. The van der Waals surface area contributed by atoms with Crippen molar-refractivity contribution in [2.24, 2.45) is 5.92 Å². The lowest BCUT2D eigenvalue weighted by atomic mass is 10.1. The number of carbonyl (C=O) groups is 2. The van der Waals surface area contributed by atoms with Gasteiger partial charge in [0.2, 0.25) is 5.91 Å². The molecule has 0 aromatic heterocycles. The number of hydrogen-bond donors (Lipinski definition) is 2. The summed E-state index contributed by atoms with van der Waals surface area (Å²) in [6.45, 7) is 5.62. The molecule has 2 N–H and O–H groups in total. The molecule has 2 amide bonds. The van der Waals surface area contributed by atoms with E-state index in [0.717, 1.165) is 19.4 Å². The van der Waals surface area contributed by atoms with Gasteiger partial charge in [0, 0.05) is 25.1 Å². The molecule has 116 valence electrons. The van der Waals surface area contributed by atoms with E-state index in [9.17, 15) is 9.59 Å². The van der Waals surface area contributed by atoms with E-state index in [1.165, 1.54) is 0 Å². The highest BCUT2D eigenvalue weighted by atomic mass is 16.2. The topological polar surface area (TPSA) is 58.2 Å². The number of amides is 2. The largest absolute Gasteiger partial charge is 0.356 e. The van der Waals surface area contributed by atoms with Crippen molar-refractivity contribution >= 4 is 11.8 Å². The van der Waals surface area contributed by atoms with Crippen molar-refractivity contribution in [3.8, 4) is 0 Å². The van der Waals surface area contributed by atoms with Crippen LogP contribution in [0.15, 0.2) is 30.3 Å². The van der Waals surface area contributed by atoms with Gasteiger partial charge in [-0.05, 0) is 37.3 Å². The summed E-state index contributed by atoms with van der Waals surface area (Å²) in [6, 6.07) is 9.09. The van der Waals surface area contributed by atoms with Gasteiger partial charge in [-0.2, -0.15) is 0 Å². The molecule has 0 aliphatic rings. The van der Waals surface area contributed by atoms with Crippen molar-refractivity contribution in [2.45, 2.75) is 39.5 Å².